The molecule has 2 aromatic rings. The number of aromatic nitrogens is 1. The van der Waals surface area contributed by atoms with E-state index in [-0.39, 0.29) is 0 Å². The lowest BCUT2D eigenvalue weighted by Crippen LogP contribution is -2.38. The highest BCUT2D eigenvalue weighted by molar-refractivity contribution is 7.22. The van der Waals surface area contributed by atoms with Crippen molar-refractivity contribution in [1.82, 2.24) is 9.88 Å². The summed E-state index contributed by atoms with van der Waals surface area (Å²) in [5.41, 5.74) is 1.02. The normalized spacial score (nSPS) is 16.4. The summed E-state index contributed by atoms with van der Waals surface area (Å²) in [6, 6.07) is 5.97. The van der Waals surface area contributed by atoms with Crippen LogP contribution in [0.1, 0.15) is 0 Å². The van der Waals surface area contributed by atoms with Crippen LogP contribution in [0.2, 0.25) is 0 Å². The Balaban J connectivity index is 1.57. The smallest absolute Gasteiger partial charge is 0.183 e. The fraction of sp³-hybridized carbons (Fsp3) is 0.500. The van der Waals surface area contributed by atoms with Crippen molar-refractivity contribution in [2.24, 2.45) is 0 Å². The second-order valence-electron chi connectivity index (χ2n) is 4.73. The Morgan fingerprint density at radius 1 is 1.40 bits per heavy atom. The number of hydrogen-bond acceptors (Lipinski definition) is 6. The molecule has 0 radical (unpaired) electrons. The highest BCUT2D eigenvalue weighted by Crippen LogP contribution is 2.28. The van der Waals surface area contributed by atoms with E-state index in [2.05, 4.69) is 15.2 Å². The van der Waals surface area contributed by atoms with Crippen LogP contribution < -0.4 is 10.1 Å². The topological polar surface area (TPSA) is 46.6 Å². The molecule has 0 aliphatic carbocycles. The zero-order valence-corrected chi connectivity index (χ0v) is 12.4. The largest absolute Gasteiger partial charge is 0.497 e. The van der Waals surface area contributed by atoms with E-state index in [4.69, 9.17) is 9.47 Å². The van der Waals surface area contributed by atoms with Crippen LogP contribution in [0.5, 0.6) is 5.75 Å². The van der Waals surface area contributed by atoms with Crippen molar-refractivity contribution in [1.29, 1.82) is 0 Å². The van der Waals surface area contributed by atoms with Crippen molar-refractivity contribution in [3.8, 4) is 5.75 Å². The number of hydrogen-bond donors (Lipinski definition) is 1. The van der Waals surface area contributed by atoms with E-state index in [0.717, 1.165) is 60.5 Å². The maximum absolute atomic E-state index is 5.34. The van der Waals surface area contributed by atoms with Crippen LogP contribution in [0.3, 0.4) is 0 Å². The minimum Gasteiger partial charge on any atom is -0.497 e. The fourth-order valence-corrected chi connectivity index (χ4v) is 3.17. The molecule has 0 atom stereocenters. The number of morpholine rings is 1. The Bertz CT molecular complexity index is 567. The third kappa shape index (κ3) is 3.20. The average Bonchev–Trinajstić information content (AvgIpc) is 2.90. The summed E-state index contributed by atoms with van der Waals surface area (Å²) < 4.78 is 11.7. The van der Waals surface area contributed by atoms with E-state index in [9.17, 15) is 0 Å². The van der Waals surface area contributed by atoms with E-state index in [1.54, 1.807) is 18.4 Å². The van der Waals surface area contributed by atoms with E-state index < -0.39 is 0 Å². The molecule has 1 saturated heterocycles. The number of nitrogens with zero attached hydrogens (tertiary/aromatic N) is 2. The summed E-state index contributed by atoms with van der Waals surface area (Å²) in [5.74, 6) is 0.876. The lowest BCUT2D eigenvalue weighted by molar-refractivity contribution is 0.0398. The quantitative estimate of drug-likeness (QED) is 0.914. The van der Waals surface area contributed by atoms with Crippen LogP contribution in [-0.2, 0) is 4.74 Å². The first-order valence-corrected chi connectivity index (χ1v) is 7.65. The van der Waals surface area contributed by atoms with Crippen molar-refractivity contribution < 1.29 is 9.47 Å². The minimum absolute atomic E-state index is 0.848. The number of methoxy groups -OCH3 is 1. The molecule has 1 aliphatic rings. The molecule has 1 aromatic heterocycles. The number of nitrogens with one attached hydrogen (secondary N) is 1. The molecule has 0 unspecified atom stereocenters. The first-order valence-electron chi connectivity index (χ1n) is 6.84. The van der Waals surface area contributed by atoms with Crippen LogP contribution in [0.4, 0.5) is 5.13 Å². The Labute approximate surface area is 122 Å². The molecular formula is C14H19N3O2S. The van der Waals surface area contributed by atoms with Crippen molar-refractivity contribution in [2.45, 2.75) is 0 Å². The maximum Gasteiger partial charge on any atom is 0.183 e. The molecule has 108 valence electrons. The van der Waals surface area contributed by atoms with Gasteiger partial charge in [-0.3, -0.25) is 4.90 Å². The van der Waals surface area contributed by atoms with E-state index in [1.807, 2.05) is 18.2 Å². The number of anilines is 1. The molecule has 3 rings (SSSR count). The Morgan fingerprint density at radius 3 is 3.05 bits per heavy atom. The monoisotopic (exact) mass is 293 g/mol. The molecule has 6 heteroatoms. The van der Waals surface area contributed by atoms with Gasteiger partial charge in [-0.1, -0.05) is 11.3 Å². The molecule has 1 aromatic carbocycles. The maximum atomic E-state index is 5.34. The lowest BCUT2D eigenvalue weighted by atomic mass is 10.3. The number of benzene rings is 1. The van der Waals surface area contributed by atoms with Crippen LogP contribution in [0.25, 0.3) is 10.2 Å². The summed E-state index contributed by atoms with van der Waals surface area (Å²) in [4.78, 5) is 6.99. The molecule has 1 aliphatic heterocycles. The zero-order chi connectivity index (χ0) is 13.8. The van der Waals surface area contributed by atoms with Gasteiger partial charge in [-0.25, -0.2) is 4.98 Å². The SMILES string of the molecule is COc1ccc2nc(NCCN3CCOCC3)sc2c1. The second-order valence-corrected chi connectivity index (χ2v) is 5.76. The third-order valence-corrected chi connectivity index (χ3v) is 4.38. The minimum atomic E-state index is 0.848. The molecule has 0 bridgehead atoms. The molecule has 1 fully saturated rings. The van der Waals surface area contributed by atoms with Gasteiger partial charge in [-0.2, -0.15) is 0 Å². The lowest BCUT2D eigenvalue weighted by Gasteiger charge is -2.26. The van der Waals surface area contributed by atoms with Gasteiger partial charge >= 0.3 is 0 Å². The second kappa shape index (κ2) is 6.39. The zero-order valence-electron chi connectivity index (χ0n) is 11.6. The average molecular weight is 293 g/mol. The van der Waals surface area contributed by atoms with E-state index >= 15 is 0 Å². The molecule has 0 amide bonds. The first kappa shape index (κ1) is 13.6. The molecule has 0 saturated carbocycles. The summed E-state index contributed by atoms with van der Waals surface area (Å²) in [5, 5.41) is 4.38. The van der Waals surface area contributed by atoms with E-state index in [1.165, 1.54) is 0 Å². The molecule has 5 nitrogen and oxygen atoms in total. The van der Waals surface area contributed by atoms with Crippen molar-refractivity contribution >= 4 is 26.7 Å². The standard InChI is InChI=1S/C14H19N3O2S/c1-18-11-2-3-12-13(10-11)20-14(16-12)15-4-5-17-6-8-19-9-7-17/h2-3,10H,4-9H2,1H3,(H,15,16). The predicted molar refractivity (Wildman–Crippen MR) is 81.9 cm³/mol. The summed E-state index contributed by atoms with van der Waals surface area (Å²) in [6.07, 6.45) is 0. The number of rotatable bonds is 5. The van der Waals surface area contributed by atoms with Crippen molar-refractivity contribution in [3.63, 3.8) is 0 Å². The van der Waals surface area contributed by atoms with Gasteiger partial charge in [0.2, 0.25) is 0 Å². The van der Waals surface area contributed by atoms with Crippen LogP contribution in [-0.4, -0.2) is 56.4 Å². The molecule has 1 N–H and O–H groups in total. The predicted octanol–water partition coefficient (Wildman–Crippen LogP) is 2.05. The third-order valence-electron chi connectivity index (χ3n) is 3.40. The number of thiazole rings is 1. The summed E-state index contributed by atoms with van der Waals surface area (Å²) in [7, 11) is 1.68. The van der Waals surface area contributed by atoms with Gasteiger partial charge in [0.15, 0.2) is 5.13 Å². The summed E-state index contributed by atoms with van der Waals surface area (Å²) in [6.45, 7) is 5.69. The first-order chi connectivity index (χ1) is 9.85. The van der Waals surface area contributed by atoms with E-state index in [0.29, 0.717) is 0 Å². The molecule has 20 heavy (non-hydrogen) atoms. The highest BCUT2D eigenvalue weighted by Gasteiger charge is 2.10. The summed E-state index contributed by atoms with van der Waals surface area (Å²) >= 11 is 1.67. The Morgan fingerprint density at radius 2 is 2.25 bits per heavy atom. The van der Waals surface area contributed by atoms with Gasteiger partial charge < -0.3 is 14.8 Å². The molecule has 2 heterocycles. The van der Waals surface area contributed by atoms with Gasteiger partial charge in [-0.15, -0.1) is 0 Å². The number of ether oxygens (including phenoxy) is 2. The highest BCUT2D eigenvalue weighted by atomic mass is 32.1. The van der Waals surface area contributed by atoms with Crippen molar-refractivity contribution in [3.05, 3.63) is 18.2 Å². The van der Waals surface area contributed by atoms with Crippen LogP contribution in [0, 0.1) is 0 Å². The van der Waals surface area contributed by atoms with Gasteiger partial charge in [0, 0.05) is 26.2 Å². The van der Waals surface area contributed by atoms with Crippen molar-refractivity contribution in [2.75, 3.05) is 51.8 Å². The molecular weight excluding hydrogens is 274 g/mol. The van der Waals surface area contributed by atoms with Crippen LogP contribution >= 0.6 is 11.3 Å². The van der Waals surface area contributed by atoms with Gasteiger partial charge in [0.05, 0.1) is 30.5 Å². The Kier molecular flexibility index (Phi) is 4.34. The van der Waals surface area contributed by atoms with Crippen LogP contribution in [0.15, 0.2) is 18.2 Å². The Hall–Kier alpha value is -1.37. The number of fused-ring (bicyclic) bond motifs is 1. The van der Waals surface area contributed by atoms with Gasteiger partial charge in [0.25, 0.3) is 0 Å². The van der Waals surface area contributed by atoms with Gasteiger partial charge in [0.1, 0.15) is 5.75 Å². The van der Waals surface area contributed by atoms with Gasteiger partial charge in [-0.05, 0) is 18.2 Å². The molecule has 0 spiro atoms. The fourth-order valence-electron chi connectivity index (χ4n) is 2.25.